The predicted octanol–water partition coefficient (Wildman–Crippen LogP) is 5.45. The smallest absolute Gasteiger partial charge is 0.325 e. The molecule has 1 heterocycles. The molecule has 2 N–H and O–H groups in total. The molecule has 0 bridgehead atoms. The number of benzene rings is 1. The lowest BCUT2D eigenvalue weighted by atomic mass is 10.2. The van der Waals surface area contributed by atoms with Crippen LogP contribution in [0.2, 0.25) is 0 Å². The number of carbonyl (C=O) groups excluding carboxylic acids is 2. The quantitative estimate of drug-likeness (QED) is 0.586. The van der Waals surface area contributed by atoms with Crippen LogP contribution in [0.5, 0.6) is 0 Å². The van der Waals surface area contributed by atoms with Gasteiger partial charge in [-0.05, 0) is 44.4 Å². The minimum atomic E-state index is -0.368. The topological polar surface area (TPSA) is 74.3 Å². The van der Waals surface area contributed by atoms with Crippen molar-refractivity contribution in [2.75, 3.05) is 23.7 Å². The molecule has 0 unspecified atom stereocenters. The van der Waals surface area contributed by atoms with Gasteiger partial charge in [0.2, 0.25) is 0 Å². The second-order valence-corrected chi connectivity index (χ2v) is 7.88. The van der Waals surface area contributed by atoms with Crippen LogP contribution in [0.15, 0.2) is 24.3 Å². The lowest BCUT2D eigenvalue weighted by molar-refractivity contribution is 0.0755. The molecule has 0 saturated heterocycles. The Morgan fingerprint density at radius 2 is 1.75 bits per heavy atom. The summed E-state index contributed by atoms with van der Waals surface area (Å²) < 4.78 is 0. The molecule has 0 aliphatic carbocycles. The third-order valence-corrected chi connectivity index (χ3v) is 5.40. The SMILES string of the molecule is CCCCN(CCCC)C(=O)c1sc(NC(=O)Nc2cccc(C)c2)nc1C. The molecular formula is C21H30N4O2S. The molecule has 3 amide bonds. The fraction of sp³-hybridized carbons (Fsp3) is 0.476. The largest absolute Gasteiger partial charge is 0.338 e. The lowest BCUT2D eigenvalue weighted by Crippen LogP contribution is -2.32. The van der Waals surface area contributed by atoms with Crippen molar-refractivity contribution >= 4 is 34.1 Å². The van der Waals surface area contributed by atoms with Crippen molar-refractivity contribution in [2.45, 2.75) is 53.4 Å². The van der Waals surface area contributed by atoms with Crippen LogP contribution in [0.1, 0.15) is 60.5 Å². The Bertz CT molecular complexity index is 795. The molecule has 7 heteroatoms. The molecule has 2 aromatic rings. The van der Waals surface area contributed by atoms with Crippen LogP contribution in [0.3, 0.4) is 0 Å². The van der Waals surface area contributed by atoms with Crippen molar-refractivity contribution in [3.63, 3.8) is 0 Å². The fourth-order valence-electron chi connectivity index (χ4n) is 2.79. The van der Waals surface area contributed by atoms with E-state index in [9.17, 15) is 9.59 Å². The van der Waals surface area contributed by atoms with Gasteiger partial charge in [-0.3, -0.25) is 10.1 Å². The van der Waals surface area contributed by atoms with E-state index >= 15 is 0 Å². The number of rotatable bonds is 9. The molecule has 1 aromatic heterocycles. The van der Waals surface area contributed by atoms with Crippen molar-refractivity contribution in [2.24, 2.45) is 0 Å². The van der Waals surface area contributed by atoms with E-state index in [-0.39, 0.29) is 11.9 Å². The number of aryl methyl sites for hydroxylation is 2. The van der Waals surface area contributed by atoms with Gasteiger partial charge in [-0.15, -0.1) is 0 Å². The standard InChI is InChI=1S/C21H30N4O2S/c1-5-7-12-25(13-8-6-2)19(26)18-16(4)22-21(28-18)24-20(27)23-17-11-9-10-15(3)14-17/h9-11,14H,5-8,12-13H2,1-4H3,(H2,22,23,24,27). The number of unbranched alkanes of at least 4 members (excludes halogenated alkanes) is 2. The van der Waals surface area contributed by atoms with Crippen LogP contribution in [-0.4, -0.2) is 34.9 Å². The summed E-state index contributed by atoms with van der Waals surface area (Å²) in [5.41, 5.74) is 2.43. The third kappa shape index (κ3) is 6.34. The number of hydrogen-bond acceptors (Lipinski definition) is 4. The normalized spacial score (nSPS) is 10.6. The minimum Gasteiger partial charge on any atom is -0.338 e. The second-order valence-electron chi connectivity index (χ2n) is 6.88. The average Bonchev–Trinajstić information content (AvgIpc) is 3.01. The first-order valence-electron chi connectivity index (χ1n) is 9.86. The van der Waals surface area contributed by atoms with Gasteiger partial charge in [0.15, 0.2) is 5.13 Å². The van der Waals surface area contributed by atoms with Crippen LogP contribution in [0.4, 0.5) is 15.6 Å². The van der Waals surface area contributed by atoms with E-state index in [1.165, 1.54) is 11.3 Å². The van der Waals surface area contributed by atoms with E-state index in [1.807, 2.05) is 43.0 Å². The number of urea groups is 1. The fourth-order valence-corrected chi connectivity index (χ4v) is 3.72. The van der Waals surface area contributed by atoms with Crippen LogP contribution in [-0.2, 0) is 0 Å². The number of nitrogens with zero attached hydrogens (tertiary/aromatic N) is 2. The summed E-state index contributed by atoms with van der Waals surface area (Å²) in [5.74, 6) is 0.00374. The summed E-state index contributed by atoms with van der Waals surface area (Å²) >= 11 is 1.23. The summed E-state index contributed by atoms with van der Waals surface area (Å²) in [4.78, 5) is 32.1. The van der Waals surface area contributed by atoms with E-state index in [0.29, 0.717) is 21.4 Å². The van der Waals surface area contributed by atoms with Gasteiger partial charge in [-0.1, -0.05) is 50.2 Å². The number of thiazole rings is 1. The Hall–Kier alpha value is -2.41. The molecular weight excluding hydrogens is 372 g/mol. The molecule has 0 aliphatic rings. The Labute approximate surface area is 171 Å². The maximum absolute atomic E-state index is 13.0. The van der Waals surface area contributed by atoms with Gasteiger partial charge in [0.05, 0.1) is 5.69 Å². The summed E-state index contributed by atoms with van der Waals surface area (Å²) in [7, 11) is 0. The molecule has 6 nitrogen and oxygen atoms in total. The van der Waals surface area contributed by atoms with Gasteiger partial charge in [0.25, 0.3) is 5.91 Å². The van der Waals surface area contributed by atoms with E-state index in [1.54, 1.807) is 0 Å². The molecule has 152 valence electrons. The molecule has 28 heavy (non-hydrogen) atoms. The van der Waals surface area contributed by atoms with Crippen molar-refractivity contribution in [3.8, 4) is 0 Å². The summed E-state index contributed by atoms with van der Waals surface area (Å²) in [6.45, 7) is 9.52. The Kier molecular flexibility index (Phi) is 8.44. The maximum atomic E-state index is 13.0. The number of hydrogen-bond donors (Lipinski definition) is 2. The highest BCUT2D eigenvalue weighted by Crippen LogP contribution is 2.25. The number of aromatic nitrogens is 1. The zero-order valence-corrected chi connectivity index (χ0v) is 18.0. The van der Waals surface area contributed by atoms with Gasteiger partial charge in [-0.25, -0.2) is 9.78 Å². The minimum absolute atomic E-state index is 0.00374. The first kappa shape index (κ1) is 21.9. The molecule has 0 radical (unpaired) electrons. The van der Waals surface area contributed by atoms with Crippen LogP contribution >= 0.6 is 11.3 Å². The predicted molar refractivity (Wildman–Crippen MR) is 116 cm³/mol. The monoisotopic (exact) mass is 402 g/mol. The maximum Gasteiger partial charge on any atom is 0.325 e. The van der Waals surface area contributed by atoms with Crippen molar-refractivity contribution < 1.29 is 9.59 Å². The molecule has 0 saturated carbocycles. The van der Waals surface area contributed by atoms with Gasteiger partial charge in [0, 0.05) is 18.8 Å². The van der Waals surface area contributed by atoms with E-state index in [2.05, 4.69) is 29.5 Å². The summed E-state index contributed by atoms with van der Waals surface area (Å²) in [6.07, 6.45) is 4.06. The van der Waals surface area contributed by atoms with E-state index in [4.69, 9.17) is 0 Å². The highest BCUT2D eigenvalue weighted by atomic mass is 32.1. The van der Waals surface area contributed by atoms with Crippen molar-refractivity contribution in [1.29, 1.82) is 0 Å². The van der Waals surface area contributed by atoms with Gasteiger partial charge >= 0.3 is 6.03 Å². The first-order chi connectivity index (χ1) is 13.4. The second kappa shape index (κ2) is 10.8. The van der Waals surface area contributed by atoms with E-state index < -0.39 is 0 Å². The Morgan fingerprint density at radius 3 is 2.36 bits per heavy atom. The van der Waals surface area contributed by atoms with Crippen LogP contribution in [0.25, 0.3) is 0 Å². The molecule has 0 aliphatic heterocycles. The van der Waals surface area contributed by atoms with Crippen molar-refractivity contribution in [1.82, 2.24) is 9.88 Å². The number of amides is 3. The van der Waals surface area contributed by atoms with E-state index in [0.717, 1.165) is 44.3 Å². The van der Waals surface area contributed by atoms with Gasteiger partial charge < -0.3 is 10.2 Å². The number of anilines is 2. The number of nitrogens with one attached hydrogen (secondary N) is 2. The van der Waals surface area contributed by atoms with Crippen LogP contribution in [0, 0.1) is 13.8 Å². The molecule has 0 spiro atoms. The van der Waals surface area contributed by atoms with Crippen molar-refractivity contribution in [3.05, 3.63) is 40.4 Å². The summed E-state index contributed by atoms with van der Waals surface area (Å²) in [6, 6.07) is 7.20. The molecule has 2 rings (SSSR count). The Balaban J connectivity index is 2.05. The third-order valence-electron chi connectivity index (χ3n) is 4.34. The first-order valence-corrected chi connectivity index (χ1v) is 10.7. The molecule has 0 fully saturated rings. The summed E-state index contributed by atoms with van der Waals surface area (Å²) in [5, 5.41) is 5.95. The average molecular weight is 403 g/mol. The van der Waals surface area contributed by atoms with Gasteiger partial charge in [0.1, 0.15) is 4.88 Å². The molecule has 0 atom stereocenters. The number of carbonyl (C=O) groups is 2. The highest BCUT2D eigenvalue weighted by molar-refractivity contribution is 7.17. The zero-order chi connectivity index (χ0) is 20.5. The highest BCUT2D eigenvalue weighted by Gasteiger charge is 2.21. The van der Waals surface area contributed by atoms with Crippen LogP contribution < -0.4 is 10.6 Å². The Morgan fingerprint density at radius 1 is 1.07 bits per heavy atom. The molecule has 1 aromatic carbocycles. The lowest BCUT2D eigenvalue weighted by Gasteiger charge is -2.21. The zero-order valence-electron chi connectivity index (χ0n) is 17.2. The van der Waals surface area contributed by atoms with Gasteiger partial charge in [-0.2, -0.15) is 0 Å².